The number of para-hydroxylation sites is 2. The molecule has 1 heterocycles. The second-order valence-corrected chi connectivity index (χ2v) is 5.14. The van der Waals surface area contributed by atoms with Crippen LogP contribution in [0.15, 0.2) is 61.2 Å². The van der Waals surface area contributed by atoms with Gasteiger partial charge in [-0.15, -0.1) is 0 Å². The van der Waals surface area contributed by atoms with Crippen molar-refractivity contribution in [2.24, 2.45) is 0 Å². The van der Waals surface area contributed by atoms with Gasteiger partial charge in [-0.05, 0) is 43.3 Å². The highest BCUT2D eigenvalue weighted by Gasteiger charge is 2.09. The minimum Gasteiger partial charge on any atom is -0.494 e. The van der Waals surface area contributed by atoms with Crippen LogP contribution in [-0.2, 0) is 11.3 Å². The number of nitrogens with zero attached hydrogens (tertiary/aromatic N) is 3. The van der Waals surface area contributed by atoms with Crippen LogP contribution in [0.25, 0.3) is 0 Å². The van der Waals surface area contributed by atoms with E-state index in [9.17, 15) is 4.79 Å². The highest BCUT2D eigenvalue weighted by molar-refractivity contribution is 5.92. The first-order valence-corrected chi connectivity index (χ1v) is 7.86. The van der Waals surface area contributed by atoms with Crippen LogP contribution in [0.1, 0.15) is 6.92 Å². The lowest BCUT2D eigenvalue weighted by molar-refractivity contribution is -0.116. The SMILES string of the molecule is CCOc1ccc(Oc2ccccc2NC(=O)Cn2cncn2)cc1. The van der Waals surface area contributed by atoms with Crippen molar-refractivity contribution in [1.29, 1.82) is 0 Å². The Hall–Kier alpha value is -3.35. The van der Waals surface area contributed by atoms with Crippen LogP contribution < -0.4 is 14.8 Å². The zero-order valence-corrected chi connectivity index (χ0v) is 13.8. The van der Waals surface area contributed by atoms with Crippen molar-refractivity contribution in [2.45, 2.75) is 13.5 Å². The van der Waals surface area contributed by atoms with E-state index in [-0.39, 0.29) is 12.5 Å². The molecule has 3 aromatic rings. The third-order valence-electron chi connectivity index (χ3n) is 3.30. The molecule has 128 valence electrons. The summed E-state index contributed by atoms with van der Waals surface area (Å²) in [6.07, 6.45) is 2.87. The van der Waals surface area contributed by atoms with Crippen molar-refractivity contribution in [1.82, 2.24) is 14.8 Å². The van der Waals surface area contributed by atoms with Gasteiger partial charge in [0.15, 0.2) is 5.75 Å². The Balaban J connectivity index is 1.68. The molecule has 0 spiro atoms. The molecular formula is C18H18N4O3. The maximum Gasteiger partial charge on any atom is 0.246 e. The molecule has 7 heteroatoms. The van der Waals surface area contributed by atoms with E-state index >= 15 is 0 Å². The zero-order valence-electron chi connectivity index (χ0n) is 13.8. The van der Waals surface area contributed by atoms with Gasteiger partial charge in [-0.3, -0.25) is 4.79 Å². The molecule has 0 bridgehead atoms. The minimum atomic E-state index is -0.215. The van der Waals surface area contributed by atoms with Crippen LogP contribution in [-0.4, -0.2) is 27.3 Å². The van der Waals surface area contributed by atoms with Gasteiger partial charge in [-0.1, -0.05) is 12.1 Å². The lowest BCUT2D eigenvalue weighted by atomic mass is 10.2. The van der Waals surface area contributed by atoms with Crippen LogP contribution in [0.2, 0.25) is 0 Å². The van der Waals surface area contributed by atoms with Crippen molar-refractivity contribution in [3.63, 3.8) is 0 Å². The maximum atomic E-state index is 12.1. The molecule has 0 saturated carbocycles. The van der Waals surface area contributed by atoms with E-state index in [0.717, 1.165) is 5.75 Å². The third-order valence-corrected chi connectivity index (χ3v) is 3.30. The molecule has 0 saturated heterocycles. The summed E-state index contributed by atoms with van der Waals surface area (Å²) in [4.78, 5) is 15.9. The number of ether oxygens (including phenoxy) is 2. The number of amides is 1. The highest BCUT2D eigenvalue weighted by Crippen LogP contribution is 2.30. The fourth-order valence-corrected chi connectivity index (χ4v) is 2.21. The number of nitrogens with one attached hydrogen (secondary N) is 1. The predicted molar refractivity (Wildman–Crippen MR) is 92.8 cm³/mol. The van der Waals surface area contributed by atoms with Crippen LogP contribution in [0.5, 0.6) is 17.2 Å². The average Bonchev–Trinajstić information content (AvgIpc) is 3.11. The second kappa shape index (κ2) is 7.96. The van der Waals surface area contributed by atoms with Gasteiger partial charge in [0.05, 0.1) is 12.3 Å². The molecule has 2 aromatic carbocycles. The monoisotopic (exact) mass is 338 g/mol. The lowest BCUT2D eigenvalue weighted by Crippen LogP contribution is -2.19. The second-order valence-electron chi connectivity index (χ2n) is 5.14. The number of anilines is 1. The summed E-state index contributed by atoms with van der Waals surface area (Å²) in [7, 11) is 0. The minimum absolute atomic E-state index is 0.0807. The lowest BCUT2D eigenvalue weighted by Gasteiger charge is -2.12. The Morgan fingerprint density at radius 3 is 2.60 bits per heavy atom. The molecule has 1 aromatic heterocycles. The Bertz CT molecular complexity index is 817. The molecule has 1 N–H and O–H groups in total. The quantitative estimate of drug-likeness (QED) is 0.716. The van der Waals surface area contributed by atoms with Gasteiger partial charge in [0.1, 0.15) is 30.7 Å². The van der Waals surface area contributed by atoms with Crippen molar-refractivity contribution >= 4 is 11.6 Å². The molecule has 0 atom stereocenters. The van der Waals surface area contributed by atoms with Gasteiger partial charge < -0.3 is 14.8 Å². The topological polar surface area (TPSA) is 78.3 Å². The fraction of sp³-hybridized carbons (Fsp3) is 0.167. The molecule has 0 aliphatic rings. The Labute approximate surface area is 145 Å². The zero-order chi connectivity index (χ0) is 17.5. The van der Waals surface area contributed by atoms with E-state index in [2.05, 4.69) is 15.4 Å². The summed E-state index contributed by atoms with van der Waals surface area (Å²) in [5.41, 5.74) is 0.585. The first-order valence-electron chi connectivity index (χ1n) is 7.86. The number of hydrogen-bond donors (Lipinski definition) is 1. The molecular weight excluding hydrogens is 320 g/mol. The summed E-state index contributed by atoms with van der Waals surface area (Å²) in [5.74, 6) is 1.78. The van der Waals surface area contributed by atoms with Crippen molar-refractivity contribution in [2.75, 3.05) is 11.9 Å². The molecule has 0 radical (unpaired) electrons. The maximum absolute atomic E-state index is 12.1. The first kappa shape index (κ1) is 16.5. The number of carbonyl (C=O) groups is 1. The fourth-order valence-electron chi connectivity index (χ4n) is 2.21. The summed E-state index contributed by atoms with van der Waals surface area (Å²) < 4.78 is 12.7. The van der Waals surface area contributed by atoms with Gasteiger partial charge >= 0.3 is 0 Å². The summed E-state index contributed by atoms with van der Waals surface area (Å²) in [6.45, 7) is 2.63. The van der Waals surface area contributed by atoms with Crippen LogP contribution in [0.4, 0.5) is 5.69 Å². The molecule has 1 amide bonds. The van der Waals surface area contributed by atoms with E-state index in [1.165, 1.54) is 17.3 Å². The van der Waals surface area contributed by atoms with Crippen molar-refractivity contribution < 1.29 is 14.3 Å². The highest BCUT2D eigenvalue weighted by atomic mass is 16.5. The molecule has 7 nitrogen and oxygen atoms in total. The smallest absolute Gasteiger partial charge is 0.246 e. The largest absolute Gasteiger partial charge is 0.494 e. The molecule has 0 fully saturated rings. The molecule has 0 aliphatic heterocycles. The first-order chi connectivity index (χ1) is 12.2. The van der Waals surface area contributed by atoms with Gasteiger partial charge in [0, 0.05) is 0 Å². The predicted octanol–water partition coefficient (Wildman–Crippen LogP) is 3.11. The summed E-state index contributed by atoms with van der Waals surface area (Å²) in [6, 6.07) is 14.6. The molecule has 3 rings (SSSR count). The van der Waals surface area contributed by atoms with Crippen LogP contribution >= 0.6 is 0 Å². The van der Waals surface area contributed by atoms with Crippen LogP contribution in [0, 0.1) is 0 Å². The molecule has 0 unspecified atom stereocenters. The Morgan fingerprint density at radius 2 is 1.88 bits per heavy atom. The molecule has 0 aliphatic carbocycles. The number of hydrogen-bond acceptors (Lipinski definition) is 5. The van der Waals surface area contributed by atoms with E-state index in [0.29, 0.717) is 23.8 Å². The van der Waals surface area contributed by atoms with Crippen molar-refractivity contribution in [3.05, 3.63) is 61.2 Å². The van der Waals surface area contributed by atoms with E-state index in [4.69, 9.17) is 9.47 Å². The van der Waals surface area contributed by atoms with E-state index in [1.807, 2.05) is 43.3 Å². The number of aromatic nitrogens is 3. The summed E-state index contributed by atoms with van der Waals surface area (Å²) in [5, 5.41) is 6.74. The van der Waals surface area contributed by atoms with Gasteiger partial charge in [0.2, 0.25) is 5.91 Å². The van der Waals surface area contributed by atoms with Crippen molar-refractivity contribution in [3.8, 4) is 17.2 Å². The van der Waals surface area contributed by atoms with Crippen LogP contribution in [0.3, 0.4) is 0 Å². The summed E-state index contributed by atoms with van der Waals surface area (Å²) >= 11 is 0. The van der Waals surface area contributed by atoms with Gasteiger partial charge in [-0.2, -0.15) is 5.10 Å². The van der Waals surface area contributed by atoms with E-state index in [1.54, 1.807) is 12.1 Å². The number of rotatable bonds is 7. The standard InChI is InChI=1S/C18H18N4O3/c1-2-24-14-7-9-15(10-8-14)25-17-6-4-3-5-16(17)21-18(23)11-22-13-19-12-20-22/h3-10,12-13H,2,11H2,1H3,(H,21,23). The molecule has 25 heavy (non-hydrogen) atoms. The number of benzene rings is 2. The van der Waals surface area contributed by atoms with E-state index < -0.39 is 0 Å². The normalized spacial score (nSPS) is 10.3. The van der Waals surface area contributed by atoms with Gasteiger partial charge in [0.25, 0.3) is 0 Å². The average molecular weight is 338 g/mol. The Kier molecular flexibility index (Phi) is 5.26. The van der Waals surface area contributed by atoms with Gasteiger partial charge in [-0.25, -0.2) is 9.67 Å². The Morgan fingerprint density at radius 1 is 1.12 bits per heavy atom. The third kappa shape index (κ3) is 4.57. The number of carbonyl (C=O) groups excluding carboxylic acids is 1.